The first kappa shape index (κ1) is 24.1. The Morgan fingerprint density at radius 3 is 2.34 bits per heavy atom. The summed E-state index contributed by atoms with van der Waals surface area (Å²) in [6, 6.07) is 6.07. The summed E-state index contributed by atoms with van der Waals surface area (Å²) in [6.45, 7) is 5.78. The number of esters is 1. The van der Waals surface area contributed by atoms with E-state index in [1.165, 1.54) is 13.5 Å². The van der Waals surface area contributed by atoms with Crippen LogP contribution in [0.15, 0.2) is 24.3 Å². The Morgan fingerprint density at radius 2 is 1.75 bits per heavy atom. The Morgan fingerprint density at radius 1 is 1.12 bits per heavy atom. The van der Waals surface area contributed by atoms with E-state index in [-0.39, 0.29) is 17.4 Å². The number of carbonyl (C=O) groups excluding carboxylic acids is 3. The van der Waals surface area contributed by atoms with Crippen molar-refractivity contribution in [2.45, 2.75) is 58.9 Å². The fourth-order valence-electron chi connectivity index (χ4n) is 4.60. The first-order valence-corrected chi connectivity index (χ1v) is 11.5. The van der Waals surface area contributed by atoms with E-state index >= 15 is 0 Å². The first-order chi connectivity index (χ1) is 15.2. The van der Waals surface area contributed by atoms with E-state index in [4.69, 9.17) is 16.3 Å². The largest absolute Gasteiger partial charge is 0.464 e. The molecule has 1 aliphatic rings. The van der Waals surface area contributed by atoms with Gasteiger partial charge in [0.05, 0.1) is 13.2 Å². The molecule has 1 atom stereocenters. The monoisotopic (exact) mass is 458 g/mol. The number of ketones is 1. The van der Waals surface area contributed by atoms with Gasteiger partial charge in [-0.2, -0.15) is 0 Å². The second-order valence-corrected chi connectivity index (χ2v) is 9.06. The summed E-state index contributed by atoms with van der Waals surface area (Å²) in [5.41, 5.74) is 2.35. The van der Waals surface area contributed by atoms with E-state index in [1.807, 2.05) is 0 Å². The molecule has 0 bridgehead atoms. The maximum atomic E-state index is 13.6. The van der Waals surface area contributed by atoms with E-state index in [0.717, 1.165) is 25.7 Å². The Hall–Kier alpha value is -2.60. The van der Waals surface area contributed by atoms with Gasteiger partial charge in [0.1, 0.15) is 5.69 Å². The van der Waals surface area contributed by atoms with E-state index in [0.29, 0.717) is 39.9 Å². The summed E-state index contributed by atoms with van der Waals surface area (Å²) < 4.78 is 4.82. The second kappa shape index (κ2) is 10.3. The van der Waals surface area contributed by atoms with E-state index in [9.17, 15) is 14.4 Å². The highest BCUT2D eigenvalue weighted by atomic mass is 35.5. The summed E-state index contributed by atoms with van der Waals surface area (Å²) in [6.07, 6.45) is 5.62. The third-order valence-corrected chi connectivity index (χ3v) is 6.70. The molecule has 1 N–H and O–H groups in total. The van der Waals surface area contributed by atoms with E-state index in [1.54, 1.807) is 49.9 Å². The highest BCUT2D eigenvalue weighted by Crippen LogP contribution is 2.28. The number of hydrogen-bond acceptors (Lipinski definition) is 4. The van der Waals surface area contributed by atoms with Gasteiger partial charge in [0.2, 0.25) is 0 Å². The van der Waals surface area contributed by atoms with Crippen LogP contribution in [0, 0.1) is 19.8 Å². The molecule has 3 rings (SSSR count). The zero-order chi connectivity index (χ0) is 23.4. The number of halogens is 1. The first-order valence-electron chi connectivity index (χ1n) is 11.1. The van der Waals surface area contributed by atoms with Crippen LogP contribution in [0.25, 0.3) is 0 Å². The third kappa shape index (κ3) is 5.07. The molecule has 1 amide bonds. The number of benzene rings is 1. The van der Waals surface area contributed by atoms with Gasteiger partial charge in [-0.1, -0.05) is 30.9 Å². The molecule has 2 aromatic rings. The predicted molar refractivity (Wildman–Crippen MR) is 124 cm³/mol. The molecular formula is C25H31ClN2O4. The number of carbonyl (C=O) groups is 3. The molecule has 1 aromatic carbocycles. The van der Waals surface area contributed by atoms with Crippen LogP contribution in [0.2, 0.25) is 5.02 Å². The standard InChI is InChI=1S/C25H31ClN2O4/c1-15-21(16(2)27-22(15)25(31)32-4)23(29)17(3)28(14-18-8-6-5-7-9-18)24(30)19-10-12-20(26)13-11-19/h10-13,17-18,27H,5-9,14H2,1-4H3. The maximum absolute atomic E-state index is 13.6. The normalized spacial score (nSPS) is 15.3. The fourth-order valence-corrected chi connectivity index (χ4v) is 4.73. The number of Topliss-reactive ketones (excluding diaryl/α,β-unsaturated/α-hetero) is 1. The molecule has 1 unspecified atom stereocenters. The molecule has 0 radical (unpaired) electrons. The number of H-pyrrole nitrogens is 1. The fraction of sp³-hybridized carbons (Fsp3) is 0.480. The van der Waals surface area contributed by atoms with Crippen LogP contribution in [0.4, 0.5) is 0 Å². The van der Waals surface area contributed by atoms with Crippen LogP contribution in [0.3, 0.4) is 0 Å². The highest BCUT2D eigenvalue weighted by Gasteiger charge is 2.33. The van der Waals surface area contributed by atoms with Crippen LogP contribution in [0.1, 0.15) is 81.5 Å². The Bertz CT molecular complexity index is 990. The number of nitrogens with zero attached hydrogens (tertiary/aromatic N) is 1. The zero-order valence-corrected chi connectivity index (χ0v) is 19.9. The molecule has 0 aliphatic heterocycles. The lowest BCUT2D eigenvalue weighted by molar-refractivity contribution is 0.0577. The molecule has 6 nitrogen and oxygen atoms in total. The topological polar surface area (TPSA) is 79.5 Å². The Kier molecular flexibility index (Phi) is 7.77. The summed E-state index contributed by atoms with van der Waals surface area (Å²) in [7, 11) is 1.30. The molecule has 1 fully saturated rings. The van der Waals surface area contributed by atoms with Crippen LogP contribution < -0.4 is 0 Å². The van der Waals surface area contributed by atoms with E-state index < -0.39 is 12.0 Å². The lowest BCUT2D eigenvalue weighted by Crippen LogP contribution is -2.46. The number of hydrogen-bond donors (Lipinski definition) is 1. The van der Waals surface area contributed by atoms with Gasteiger partial charge in [-0.3, -0.25) is 9.59 Å². The van der Waals surface area contributed by atoms with Crippen molar-refractivity contribution in [2.24, 2.45) is 5.92 Å². The van der Waals surface area contributed by atoms with Crippen molar-refractivity contribution >= 4 is 29.3 Å². The van der Waals surface area contributed by atoms with Crippen molar-refractivity contribution in [3.05, 3.63) is 57.4 Å². The molecule has 1 aliphatic carbocycles. The molecule has 0 saturated heterocycles. The number of amides is 1. The minimum atomic E-state index is -0.682. The third-order valence-electron chi connectivity index (χ3n) is 6.45. The Labute approximate surface area is 194 Å². The van der Waals surface area contributed by atoms with Crippen molar-refractivity contribution in [3.63, 3.8) is 0 Å². The minimum absolute atomic E-state index is 0.188. The molecule has 1 heterocycles. The summed E-state index contributed by atoms with van der Waals surface area (Å²) in [5, 5.41) is 0.554. The SMILES string of the molecule is COC(=O)c1[nH]c(C)c(C(=O)C(C)N(CC2CCCCC2)C(=O)c2ccc(Cl)cc2)c1C. The number of ether oxygens (including phenoxy) is 1. The van der Waals surface area contributed by atoms with Crippen molar-refractivity contribution in [3.8, 4) is 0 Å². The van der Waals surface area contributed by atoms with Gasteiger partial charge in [-0.15, -0.1) is 0 Å². The summed E-state index contributed by atoms with van der Waals surface area (Å²) in [4.78, 5) is 43.8. The summed E-state index contributed by atoms with van der Waals surface area (Å²) >= 11 is 6.00. The zero-order valence-electron chi connectivity index (χ0n) is 19.2. The molecule has 7 heteroatoms. The molecule has 0 spiro atoms. The quantitative estimate of drug-likeness (QED) is 0.447. The number of nitrogens with one attached hydrogen (secondary N) is 1. The number of aromatic nitrogens is 1. The lowest BCUT2D eigenvalue weighted by atomic mass is 9.88. The van der Waals surface area contributed by atoms with Gasteiger partial charge in [0.15, 0.2) is 5.78 Å². The number of methoxy groups -OCH3 is 1. The average molecular weight is 459 g/mol. The van der Waals surface area contributed by atoms with E-state index in [2.05, 4.69) is 4.98 Å². The van der Waals surface area contributed by atoms with Crippen LogP contribution in [-0.4, -0.2) is 47.2 Å². The molecular weight excluding hydrogens is 428 g/mol. The maximum Gasteiger partial charge on any atom is 0.354 e. The van der Waals surface area contributed by atoms with Gasteiger partial charge in [-0.25, -0.2) is 4.79 Å². The second-order valence-electron chi connectivity index (χ2n) is 8.63. The molecule has 32 heavy (non-hydrogen) atoms. The lowest BCUT2D eigenvalue weighted by Gasteiger charge is -2.33. The van der Waals surface area contributed by atoms with Gasteiger partial charge in [0, 0.05) is 28.4 Å². The van der Waals surface area contributed by atoms with Crippen LogP contribution >= 0.6 is 11.6 Å². The van der Waals surface area contributed by atoms with Gasteiger partial charge in [0.25, 0.3) is 5.91 Å². The minimum Gasteiger partial charge on any atom is -0.464 e. The Balaban J connectivity index is 1.93. The number of aromatic amines is 1. The summed E-state index contributed by atoms with van der Waals surface area (Å²) in [5.74, 6) is -0.528. The van der Waals surface area contributed by atoms with Crippen molar-refractivity contribution in [2.75, 3.05) is 13.7 Å². The molecule has 1 saturated carbocycles. The van der Waals surface area contributed by atoms with Crippen molar-refractivity contribution in [1.29, 1.82) is 0 Å². The van der Waals surface area contributed by atoms with Crippen LogP contribution in [0.5, 0.6) is 0 Å². The molecule has 1 aromatic heterocycles. The predicted octanol–water partition coefficient (Wildman–Crippen LogP) is 5.37. The number of aryl methyl sites for hydroxylation is 1. The van der Waals surface area contributed by atoms with Gasteiger partial charge >= 0.3 is 5.97 Å². The van der Waals surface area contributed by atoms with Crippen molar-refractivity contribution in [1.82, 2.24) is 9.88 Å². The highest BCUT2D eigenvalue weighted by molar-refractivity contribution is 6.30. The molecule has 172 valence electrons. The average Bonchev–Trinajstić information content (AvgIpc) is 3.10. The van der Waals surface area contributed by atoms with Crippen molar-refractivity contribution < 1.29 is 19.1 Å². The smallest absolute Gasteiger partial charge is 0.354 e. The van der Waals surface area contributed by atoms with Gasteiger partial charge < -0.3 is 14.6 Å². The number of rotatable bonds is 7. The van der Waals surface area contributed by atoms with Crippen LogP contribution in [-0.2, 0) is 4.74 Å². The van der Waals surface area contributed by atoms with Gasteiger partial charge in [-0.05, 0) is 69.4 Å².